The first-order valence-electron chi connectivity index (χ1n) is 8.54. The molecule has 1 aromatic carbocycles. The summed E-state index contributed by atoms with van der Waals surface area (Å²) in [6.07, 6.45) is 2.49. The molecule has 1 unspecified atom stereocenters. The van der Waals surface area contributed by atoms with E-state index in [2.05, 4.69) is 10.0 Å². The predicted molar refractivity (Wildman–Crippen MR) is 92.1 cm³/mol. The summed E-state index contributed by atoms with van der Waals surface area (Å²) in [7, 11) is -3.49. The number of sulfonamides is 1. The lowest BCUT2D eigenvalue weighted by Crippen LogP contribution is -2.55. The summed E-state index contributed by atoms with van der Waals surface area (Å²) < 4.78 is 31.9. The van der Waals surface area contributed by atoms with Gasteiger partial charge in [-0.25, -0.2) is 17.9 Å². The summed E-state index contributed by atoms with van der Waals surface area (Å²) in [4.78, 5) is 23.7. The van der Waals surface area contributed by atoms with Crippen molar-refractivity contribution in [2.45, 2.75) is 48.6 Å². The molecule has 1 aromatic rings. The van der Waals surface area contributed by atoms with Crippen molar-refractivity contribution in [3.8, 4) is 0 Å². The molecule has 8 nitrogen and oxygen atoms in total. The number of benzene rings is 1. The molecular formula is C17H22N2O6S. The summed E-state index contributed by atoms with van der Waals surface area (Å²) in [6.45, 7) is 0.270. The van der Waals surface area contributed by atoms with Crippen LogP contribution < -0.4 is 10.0 Å². The molecule has 1 amide bonds. The normalized spacial score (nSPS) is 22.9. The molecule has 0 aromatic heterocycles. The van der Waals surface area contributed by atoms with Crippen LogP contribution in [0.3, 0.4) is 0 Å². The maximum absolute atomic E-state index is 12.1. The average molecular weight is 382 g/mol. The van der Waals surface area contributed by atoms with E-state index in [0.717, 1.165) is 18.4 Å². The van der Waals surface area contributed by atoms with Crippen LogP contribution in [0.15, 0.2) is 29.2 Å². The fourth-order valence-electron chi connectivity index (χ4n) is 2.80. The molecule has 0 spiro atoms. The molecule has 9 heteroatoms. The molecule has 3 rings (SSSR count). The Morgan fingerprint density at radius 3 is 2.46 bits per heavy atom. The first-order valence-corrected chi connectivity index (χ1v) is 10.0. The van der Waals surface area contributed by atoms with E-state index in [1.54, 1.807) is 12.1 Å². The third-order valence-electron chi connectivity index (χ3n) is 4.58. The molecule has 26 heavy (non-hydrogen) atoms. The second kappa shape index (κ2) is 7.34. The summed E-state index contributed by atoms with van der Waals surface area (Å²) in [5, 5.41) is 11.9. The molecule has 2 aliphatic rings. The third-order valence-corrected chi connectivity index (χ3v) is 6.12. The van der Waals surface area contributed by atoms with Crippen LogP contribution in [0.2, 0.25) is 0 Å². The summed E-state index contributed by atoms with van der Waals surface area (Å²) in [5.41, 5.74) is -0.540. The zero-order valence-electron chi connectivity index (χ0n) is 14.2. The van der Waals surface area contributed by atoms with Crippen molar-refractivity contribution < 1.29 is 27.9 Å². The number of hydrogen-bond acceptors (Lipinski definition) is 5. The molecule has 3 N–H and O–H groups in total. The highest BCUT2D eigenvalue weighted by atomic mass is 32.2. The first-order chi connectivity index (χ1) is 12.3. The van der Waals surface area contributed by atoms with Crippen molar-refractivity contribution in [1.82, 2.24) is 10.0 Å². The van der Waals surface area contributed by atoms with Crippen molar-refractivity contribution in [2.75, 3.05) is 13.2 Å². The fourth-order valence-corrected chi connectivity index (χ4v) is 4.10. The maximum Gasteiger partial charge on any atom is 0.331 e. The maximum atomic E-state index is 12.1. The van der Waals surface area contributed by atoms with Crippen molar-refractivity contribution in [3.63, 3.8) is 0 Å². The third kappa shape index (κ3) is 4.40. The van der Waals surface area contributed by atoms with E-state index >= 15 is 0 Å². The molecule has 1 saturated heterocycles. The van der Waals surface area contributed by atoms with E-state index in [9.17, 15) is 23.1 Å². The second-order valence-corrected chi connectivity index (χ2v) is 8.49. The van der Waals surface area contributed by atoms with E-state index in [1.807, 2.05) is 0 Å². The SMILES string of the molecule is O=C(CCc1ccc(S(=O)(=O)NC2CC2)cc1)NC1(C(=O)O)CCOC1. The lowest BCUT2D eigenvalue weighted by molar-refractivity contribution is -0.147. The average Bonchev–Trinajstić information content (AvgIpc) is 3.26. The Morgan fingerprint density at radius 2 is 1.92 bits per heavy atom. The van der Waals surface area contributed by atoms with E-state index in [0.29, 0.717) is 13.0 Å². The van der Waals surface area contributed by atoms with Gasteiger partial charge in [0.05, 0.1) is 11.5 Å². The van der Waals surface area contributed by atoms with Crippen LogP contribution in [0, 0.1) is 0 Å². The highest BCUT2D eigenvalue weighted by molar-refractivity contribution is 7.89. The van der Waals surface area contributed by atoms with Gasteiger partial charge in [0.25, 0.3) is 0 Å². The number of rotatable bonds is 8. The van der Waals surface area contributed by atoms with Gasteiger partial charge in [-0.3, -0.25) is 4.79 Å². The lowest BCUT2D eigenvalue weighted by atomic mass is 9.98. The van der Waals surface area contributed by atoms with E-state index in [-0.39, 0.29) is 36.3 Å². The fraction of sp³-hybridized carbons (Fsp3) is 0.529. The standard InChI is InChI=1S/C17H22N2O6S/c20-15(18-17(16(21)22)9-10-25-11-17)8-3-12-1-6-14(7-2-12)26(23,24)19-13-4-5-13/h1-2,6-7,13,19H,3-5,8-11H2,(H,18,20)(H,21,22). The van der Waals surface area contributed by atoms with E-state index in [4.69, 9.17) is 4.74 Å². The molecule has 0 radical (unpaired) electrons. The van der Waals surface area contributed by atoms with E-state index in [1.165, 1.54) is 12.1 Å². The zero-order chi connectivity index (χ0) is 18.8. The number of carbonyl (C=O) groups excluding carboxylic acids is 1. The van der Waals surface area contributed by atoms with Gasteiger partial charge >= 0.3 is 5.97 Å². The molecular weight excluding hydrogens is 360 g/mol. The first kappa shape index (κ1) is 18.8. The number of ether oxygens (including phenoxy) is 1. The van der Waals surface area contributed by atoms with Crippen LogP contribution in [0.25, 0.3) is 0 Å². The van der Waals surface area contributed by atoms with Gasteiger partial charge in [0.1, 0.15) is 0 Å². The molecule has 1 aliphatic heterocycles. The minimum atomic E-state index is -3.49. The van der Waals surface area contributed by atoms with Crippen molar-refractivity contribution in [1.29, 1.82) is 0 Å². The number of amides is 1. The molecule has 1 atom stereocenters. The largest absolute Gasteiger partial charge is 0.479 e. The number of aliphatic carboxylic acids is 1. The quantitative estimate of drug-likeness (QED) is 0.599. The minimum Gasteiger partial charge on any atom is -0.479 e. The minimum absolute atomic E-state index is 0.0331. The van der Waals surface area contributed by atoms with Crippen LogP contribution in [0.4, 0.5) is 0 Å². The molecule has 1 aliphatic carbocycles. The van der Waals surface area contributed by atoms with Gasteiger partial charge in [-0.1, -0.05) is 12.1 Å². The summed E-state index contributed by atoms with van der Waals surface area (Å²) in [5.74, 6) is -1.47. The van der Waals surface area contributed by atoms with Gasteiger partial charge in [-0.15, -0.1) is 0 Å². The topological polar surface area (TPSA) is 122 Å². The van der Waals surface area contributed by atoms with Crippen LogP contribution >= 0.6 is 0 Å². The summed E-state index contributed by atoms with van der Waals surface area (Å²) in [6, 6.07) is 6.41. The van der Waals surface area contributed by atoms with Gasteiger partial charge in [0, 0.05) is 25.5 Å². The monoisotopic (exact) mass is 382 g/mol. The van der Waals surface area contributed by atoms with Crippen molar-refractivity contribution in [2.24, 2.45) is 0 Å². The Balaban J connectivity index is 1.54. The van der Waals surface area contributed by atoms with Crippen LogP contribution in [-0.4, -0.2) is 50.2 Å². The van der Waals surface area contributed by atoms with Crippen molar-refractivity contribution in [3.05, 3.63) is 29.8 Å². The lowest BCUT2D eigenvalue weighted by Gasteiger charge is -2.23. The number of aryl methyl sites for hydroxylation is 1. The Bertz CT molecular complexity index is 780. The predicted octanol–water partition coefficient (Wildman–Crippen LogP) is 0.420. The Morgan fingerprint density at radius 1 is 1.23 bits per heavy atom. The highest BCUT2D eigenvalue weighted by Gasteiger charge is 2.43. The van der Waals surface area contributed by atoms with Crippen LogP contribution in [0.1, 0.15) is 31.2 Å². The van der Waals surface area contributed by atoms with Gasteiger partial charge in [0.15, 0.2) is 5.54 Å². The Hall–Kier alpha value is -1.97. The van der Waals surface area contributed by atoms with Gasteiger partial charge < -0.3 is 15.2 Å². The number of carboxylic acids is 1. The second-order valence-electron chi connectivity index (χ2n) is 6.78. The van der Waals surface area contributed by atoms with Crippen LogP contribution in [0.5, 0.6) is 0 Å². The van der Waals surface area contributed by atoms with Crippen LogP contribution in [-0.2, 0) is 30.8 Å². The van der Waals surface area contributed by atoms with Crippen molar-refractivity contribution >= 4 is 21.9 Å². The Labute approximate surface area is 152 Å². The van der Waals surface area contributed by atoms with Gasteiger partial charge in [0.2, 0.25) is 15.9 Å². The Kier molecular flexibility index (Phi) is 5.31. The molecule has 2 fully saturated rings. The number of carbonyl (C=O) groups is 2. The number of carboxylic acid groups (broad SMARTS) is 1. The number of nitrogens with one attached hydrogen (secondary N) is 2. The molecule has 142 valence electrons. The molecule has 1 heterocycles. The molecule has 0 bridgehead atoms. The van der Waals surface area contributed by atoms with Gasteiger partial charge in [-0.2, -0.15) is 0 Å². The highest BCUT2D eigenvalue weighted by Crippen LogP contribution is 2.22. The number of hydrogen-bond donors (Lipinski definition) is 3. The van der Waals surface area contributed by atoms with Gasteiger partial charge in [-0.05, 0) is 37.0 Å². The zero-order valence-corrected chi connectivity index (χ0v) is 15.0. The smallest absolute Gasteiger partial charge is 0.331 e. The van der Waals surface area contributed by atoms with E-state index < -0.39 is 21.5 Å². The molecule has 1 saturated carbocycles. The summed E-state index contributed by atoms with van der Waals surface area (Å²) >= 11 is 0.